The summed E-state index contributed by atoms with van der Waals surface area (Å²) in [5.74, 6) is 1.54. The summed E-state index contributed by atoms with van der Waals surface area (Å²) in [6.45, 7) is 7.79. The molecule has 0 radical (unpaired) electrons. The van der Waals surface area contributed by atoms with E-state index in [1.54, 1.807) is 15.6 Å². The number of ether oxygens (including phenoxy) is 2. The van der Waals surface area contributed by atoms with Crippen LogP contribution in [0.5, 0.6) is 6.01 Å². The minimum Gasteiger partial charge on any atom is -0.467 e. The van der Waals surface area contributed by atoms with Gasteiger partial charge < -0.3 is 19.5 Å². The average Bonchev–Trinajstić information content (AvgIpc) is 3.36. The van der Waals surface area contributed by atoms with E-state index >= 15 is 0 Å². The molecule has 0 aliphatic carbocycles. The number of nitrogens with zero attached hydrogens (tertiary/aromatic N) is 6. The highest BCUT2D eigenvalue weighted by Crippen LogP contribution is 2.35. The Morgan fingerprint density at radius 2 is 1.89 bits per heavy atom. The number of anilines is 1. The number of halogens is 1. The van der Waals surface area contributed by atoms with Gasteiger partial charge in [-0.05, 0) is 69.0 Å². The van der Waals surface area contributed by atoms with Crippen molar-refractivity contribution in [2.24, 2.45) is 0 Å². The summed E-state index contributed by atoms with van der Waals surface area (Å²) < 4.78 is 26.9. The van der Waals surface area contributed by atoms with Crippen LogP contribution < -0.4 is 9.64 Å². The molecule has 5 heterocycles. The van der Waals surface area contributed by atoms with Crippen molar-refractivity contribution < 1.29 is 19.0 Å². The molecule has 3 aliphatic rings. The molecule has 1 aromatic carbocycles. The Kier molecular flexibility index (Phi) is 5.85. The third-order valence-corrected chi connectivity index (χ3v) is 8.03. The Hall–Kier alpha value is -2.82. The lowest BCUT2D eigenvalue weighted by molar-refractivity contribution is -0.0712. The molecule has 3 aromatic rings. The number of methoxy groups -OCH3 is 1. The number of likely N-dealkylation sites (tertiary alicyclic amines) is 1. The number of rotatable bonds is 5. The Balaban J connectivity index is 1.33. The summed E-state index contributed by atoms with van der Waals surface area (Å²) in [7, 11) is 1.51. The molecule has 0 saturated carbocycles. The first-order valence-corrected chi connectivity index (χ1v) is 12.7. The van der Waals surface area contributed by atoms with Crippen LogP contribution >= 0.6 is 0 Å². The second-order valence-electron chi connectivity index (χ2n) is 10.6. The predicted molar refractivity (Wildman–Crippen MR) is 134 cm³/mol. The number of benzene rings is 1. The molecule has 10 heteroatoms. The molecule has 6 rings (SSSR count). The highest BCUT2D eigenvalue weighted by Gasteiger charge is 2.42. The van der Waals surface area contributed by atoms with Gasteiger partial charge in [-0.1, -0.05) is 0 Å². The highest BCUT2D eigenvalue weighted by atomic mass is 19.1. The zero-order valence-corrected chi connectivity index (χ0v) is 21.0. The summed E-state index contributed by atoms with van der Waals surface area (Å²) in [5.41, 5.74) is 2.17. The standard InChI is InChI=1S/C26H33FN6O3/c1-16-8-18-11-28-33(21(18)9-20(16)17-4-6-31(7-5-17)19-13-36-14-19)24-10-23(29-25(30-24)35-3)32-12-22(27)26(2,34)15-32/h8-11,17,19,22,34H,4-7,12-15H2,1-3H3/t22?,26-/m1/s1. The number of piperidine rings is 1. The molecular formula is C26H33FN6O3. The molecule has 1 N–H and O–H groups in total. The van der Waals surface area contributed by atoms with E-state index in [4.69, 9.17) is 9.47 Å². The lowest BCUT2D eigenvalue weighted by Crippen LogP contribution is -2.51. The summed E-state index contributed by atoms with van der Waals surface area (Å²) in [5, 5.41) is 16.0. The largest absolute Gasteiger partial charge is 0.467 e. The van der Waals surface area contributed by atoms with Crippen LogP contribution in [0.15, 0.2) is 24.4 Å². The highest BCUT2D eigenvalue weighted by molar-refractivity contribution is 5.82. The van der Waals surface area contributed by atoms with Gasteiger partial charge in [-0.15, -0.1) is 0 Å². The first kappa shape index (κ1) is 23.6. The monoisotopic (exact) mass is 496 g/mol. The van der Waals surface area contributed by atoms with Crippen molar-refractivity contribution in [3.63, 3.8) is 0 Å². The van der Waals surface area contributed by atoms with E-state index in [1.807, 2.05) is 6.20 Å². The Bertz CT molecular complexity index is 1270. The molecule has 36 heavy (non-hydrogen) atoms. The van der Waals surface area contributed by atoms with Gasteiger partial charge in [0.05, 0.1) is 51.2 Å². The number of β-amino-alcohol motifs (C(OH)–C–C–N with tert-alkyl or cyclic N) is 1. The summed E-state index contributed by atoms with van der Waals surface area (Å²) in [6.07, 6.45) is 2.74. The Morgan fingerprint density at radius 3 is 2.53 bits per heavy atom. The second-order valence-corrected chi connectivity index (χ2v) is 10.6. The summed E-state index contributed by atoms with van der Waals surface area (Å²) >= 11 is 0. The van der Waals surface area contributed by atoms with Gasteiger partial charge in [0, 0.05) is 11.5 Å². The van der Waals surface area contributed by atoms with Crippen LogP contribution in [0.3, 0.4) is 0 Å². The minimum absolute atomic E-state index is 0.0570. The first-order chi connectivity index (χ1) is 17.3. The summed E-state index contributed by atoms with van der Waals surface area (Å²) in [4.78, 5) is 13.3. The van der Waals surface area contributed by atoms with Crippen LogP contribution in [0, 0.1) is 6.92 Å². The SMILES string of the molecule is COc1nc(N2CC(F)[C@](C)(O)C2)cc(-n2ncc3cc(C)c(C4CCN(C5COC5)CC4)cc32)n1. The predicted octanol–water partition coefficient (Wildman–Crippen LogP) is 2.62. The Morgan fingerprint density at radius 1 is 1.14 bits per heavy atom. The van der Waals surface area contributed by atoms with E-state index in [2.05, 4.69) is 39.0 Å². The van der Waals surface area contributed by atoms with Gasteiger partial charge in [0.25, 0.3) is 0 Å². The molecule has 0 bridgehead atoms. The molecule has 9 nitrogen and oxygen atoms in total. The zero-order chi connectivity index (χ0) is 25.0. The lowest BCUT2D eigenvalue weighted by Gasteiger charge is -2.41. The number of hydrogen-bond donors (Lipinski definition) is 1. The van der Waals surface area contributed by atoms with Crippen molar-refractivity contribution in [2.45, 2.75) is 50.4 Å². The average molecular weight is 497 g/mol. The maximum atomic E-state index is 14.4. The maximum Gasteiger partial charge on any atom is 0.320 e. The van der Waals surface area contributed by atoms with Crippen molar-refractivity contribution >= 4 is 16.7 Å². The molecule has 1 unspecified atom stereocenters. The number of aromatic nitrogens is 4. The van der Waals surface area contributed by atoms with Crippen LogP contribution in [0.2, 0.25) is 0 Å². The molecule has 3 saturated heterocycles. The third kappa shape index (κ3) is 4.10. The minimum atomic E-state index is -1.43. The van der Waals surface area contributed by atoms with E-state index in [0.717, 1.165) is 50.0 Å². The van der Waals surface area contributed by atoms with E-state index < -0.39 is 11.8 Å². The molecule has 2 atom stereocenters. The van der Waals surface area contributed by atoms with Gasteiger partial charge in [0.1, 0.15) is 17.6 Å². The van der Waals surface area contributed by atoms with Crippen LogP contribution in [-0.4, -0.2) is 94.1 Å². The molecular weight excluding hydrogens is 463 g/mol. The molecule has 3 aliphatic heterocycles. The second kappa shape index (κ2) is 8.93. The van der Waals surface area contributed by atoms with E-state index in [9.17, 15) is 9.50 Å². The van der Waals surface area contributed by atoms with Crippen LogP contribution in [-0.2, 0) is 4.74 Å². The van der Waals surface area contributed by atoms with Crippen LogP contribution in [0.1, 0.15) is 36.8 Å². The molecule has 0 spiro atoms. The van der Waals surface area contributed by atoms with E-state index in [1.165, 1.54) is 25.2 Å². The number of aryl methyl sites for hydroxylation is 1. The van der Waals surface area contributed by atoms with Gasteiger partial charge in [-0.25, -0.2) is 9.07 Å². The lowest BCUT2D eigenvalue weighted by atomic mass is 9.85. The topological polar surface area (TPSA) is 88.8 Å². The quantitative estimate of drug-likeness (QED) is 0.577. The maximum absolute atomic E-state index is 14.4. The zero-order valence-electron chi connectivity index (χ0n) is 21.0. The van der Waals surface area contributed by atoms with Gasteiger partial charge in [-0.3, -0.25) is 4.90 Å². The van der Waals surface area contributed by atoms with Crippen molar-refractivity contribution in [3.8, 4) is 11.8 Å². The van der Waals surface area contributed by atoms with Crippen LogP contribution in [0.4, 0.5) is 10.2 Å². The summed E-state index contributed by atoms with van der Waals surface area (Å²) in [6, 6.07) is 6.99. The van der Waals surface area contributed by atoms with Gasteiger partial charge in [-0.2, -0.15) is 15.1 Å². The number of aliphatic hydroxyl groups is 1. The Labute approximate surface area is 209 Å². The van der Waals surface area contributed by atoms with Gasteiger partial charge >= 0.3 is 6.01 Å². The van der Waals surface area contributed by atoms with Crippen molar-refractivity contribution in [1.29, 1.82) is 0 Å². The van der Waals surface area contributed by atoms with Gasteiger partial charge in [0.2, 0.25) is 0 Å². The first-order valence-electron chi connectivity index (χ1n) is 12.7. The van der Waals surface area contributed by atoms with Crippen molar-refractivity contribution in [3.05, 3.63) is 35.5 Å². The van der Waals surface area contributed by atoms with E-state index in [-0.39, 0.29) is 19.1 Å². The van der Waals surface area contributed by atoms with E-state index in [0.29, 0.717) is 23.6 Å². The fourth-order valence-corrected chi connectivity index (χ4v) is 5.71. The molecule has 0 amide bonds. The molecule has 192 valence electrons. The van der Waals surface area contributed by atoms with Crippen LogP contribution in [0.25, 0.3) is 16.7 Å². The molecule has 2 aromatic heterocycles. The number of alkyl halides is 1. The fourth-order valence-electron chi connectivity index (χ4n) is 5.71. The van der Waals surface area contributed by atoms with Crippen molar-refractivity contribution in [2.75, 3.05) is 51.4 Å². The normalized spacial score (nSPS) is 26.0. The molecule has 3 fully saturated rings. The number of fused-ring (bicyclic) bond motifs is 1. The smallest absolute Gasteiger partial charge is 0.320 e. The fraction of sp³-hybridized carbons (Fsp3) is 0.577. The van der Waals surface area contributed by atoms with Gasteiger partial charge in [0.15, 0.2) is 5.82 Å². The van der Waals surface area contributed by atoms with Crippen molar-refractivity contribution in [1.82, 2.24) is 24.6 Å². The number of hydrogen-bond acceptors (Lipinski definition) is 8. The third-order valence-electron chi connectivity index (χ3n) is 8.03.